The molecule has 0 spiro atoms. The molecule has 0 fully saturated rings. The van der Waals surface area contributed by atoms with E-state index in [0.717, 1.165) is 5.56 Å². The number of carbonyl (C=O) groups excluding carboxylic acids is 3. The van der Waals surface area contributed by atoms with Gasteiger partial charge in [-0.1, -0.05) is 11.6 Å². The highest BCUT2D eigenvalue weighted by Gasteiger charge is 2.14. The van der Waals surface area contributed by atoms with Crippen LogP contribution in [-0.4, -0.2) is 30.5 Å². The third-order valence-corrected chi connectivity index (χ3v) is 3.00. The van der Waals surface area contributed by atoms with Crippen molar-refractivity contribution < 1.29 is 19.1 Å². The molecule has 1 atom stereocenters. The number of aryl methyl sites for hydroxylation is 1. The van der Waals surface area contributed by atoms with Gasteiger partial charge in [0.25, 0.3) is 11.8 Å². The first-order valence-electron chi connectivity index (χ1n) is 6.33. The van der Waals surface area contributed by atoms with Gasteiger partial charge in [-0.2, -0.15) is 0 Å². The number of carbonyl (C=O) groups is 3. The fraction of sp³-hybridized carbons (Fsp3) is 0.308. The zero-order valence-corrected chi connectivity index (χ0v) is 12.9. The Bertz CT molecular complexity index is 579. The van der Waals surface area contributed by atoms with Crippen LogP contribution in [0.5, 0.6) is 5.75 Å². The molecule has 9 heteroatoms. The molecule has 0 saturated carbocycles. The maximum Gasteiger partial charge on any atom is 0.312 e. The van der Waals surface area contributed by atoms with E-state index in [2.05, 4.69) is 16.2 Å². The lowest BCUT2D eigenvalue weighted by atomic mass is 10.2. The van der Waals surface area contributed by atoms with Crippen LogP contribution in [0.25, 0.3) is 0 Å². The third kappa shape index (κ3) is 5.88. The predicted molar refractivity (Wildman–Crippen MR) is 80.2 cm³/mol. The molecule has 1 rings (SSSR count). The van der Waals surface area contributed by atoms with Crippen LogP contribution < -0.4 is 26.6 Å². The van der Waals surface area contributed by atoms with Gasteiger partial charge in [0.15, 0.2) is 6.61 Å². The minimum atomic E-state index is -0.877. The number of hydrazine groups is 1. The van der Waals surface area contributed by atoms with Crippen LogP contribution in [0.3, 0.4) is 0 Å². The molecule has 0 heterocycles. The van der Waals surface area contributed by atoms with E-state index in [0.29, 0.717) is 10.8 Å². The summed E-state index contributed by atoms with van der Waals surface area (Å²) in [4.78, 5) is 33.6. The normalized spacial score (nSPS) is 11.2. The Morgan fingerprint density at radius 1 is 1.32 bits per heavy atom. The fourth-order valence-electron chi connectivity index (χ4n) is 1.41. The molecule has 22 heavy (non-hydrogen) atoms. The number of amides is 4. The Kier molecular flexibility index (Phi) is 6.46. The van der Waals surface area contributed by atoms with E-state index in [1.807, 2.05) is 6.92 Å². The molecule has 0 bridgehead atoms. The van der Waals surface area contributed by atoms with Crippen LogP contribution in [0.4, 0.5) is 4.79 Å². The summed E-state index contributed by atoms with van der Waals surface area (Å²) in [5, 5.41) is 2.76. The highest BCUT2D eigenvalue weighted by atomic mass is 35.5. The Balaban J connectivity index is 2.35. The number of nitrogens with one attached hydrogen (secondary N) is 3. The van der Waals surface area contributed by atoms with Gasteiger partial charge in [-0.25, -0.2) is 4.79 Å². The van der Waals surface area contributed by atoms with Gasteiger partial charge in [-0.15, -0.1) is 0 Å². The molecular weight excluding hydrogens is 312 g/mol. The SMILES string of the molecule is Cc1cc(OCC(=O)NNC(=O)C(C)NC(N)=O)ccc1Cl. The molecule has 0 radical (unpaired) electrons. The Morgan fingerprint density at radius 2 is 2.00 bits per heavy atom. The summed E-state index contributed by atoms with van der Waals surface area (Å²) in [7, 11) is 0. The maximum absolute atomic E-state index is 11.5. The molecule has 0 saturated heterocycles. The number of rotatable bonds is 5. The van der Waals surface area contributed by atoms with Crippen LogP contribution in [-0.2, 0) is 9.59 Å². The molecule has 0 aliphatic carbocycles. The van der Waals surface area contributed by atoms with Crippen molar-refractivity contribution in [2.24, 2.45) is 5.73 Å². The Labute approximate surface area is 132 Å². The minimum Gasteiger partial charge on any atom is -0.484 e. The number of benzene rings is 1. The van der Waals surface area contributed by atoms with E-state index in [4.69, 9.17) is 22.1 Å². The Morgan fingerprint density at radius 3 is 2.59 bits per heavy atom. The standard InChI is InChI=1S/C13H17ClN4O4/c1-7-5-9(3-4-10(7)14)22-6-11(19)17-18-12(20)8(2)16-13(15)21/h3-5,8H,6H2,1-2H3,(H,17,19)(H,18,20)(H3,15,16,21). The number of ether oxygens (including phenoxy) is 1. The highest BCUT2D eigenvalue weighted by molar-refractivity contribution is 6.31. The van der Waals surface area contributed by atoms with Crippen LogP contribution in [0.15, 0.2) is 18.2 Å². The molecule has 0 aliphatic rings. The van der Waals surface area contributed by atoms with Crippen molar-refractivity contribution in [1.82, 2.24) is 16.2 Å². The van der Waals surface area contributed by atoms with E-state index in [9.17, 15) is 14.4 Å². The lowest BCUT2D eigenvalue weighted by molar-refractivity contribution is -0.130. The number of primary amides is 1. The van der Waals surface area contributed by atoms with Crippen molar-refractivity contribution >= 4 is 29.4 Å². The monoisotopic (exact) mass is 328 g/mol. The lowest BCUT2D eigenvalue weighted by Crippen LogP contribution is -2.52. The molecule has 5 N–H and O–H groups in total. The van der Waals surface area contributed by atoms with Gasteiger partial charge in [0, 0.05) is 5.02 Å². The van der Waals surface area contributed by atoms with Gasteiger partial charge < -0.3 is 15.8 Å². The molecule has 0 aliphatic heterocycles. The summed E-state index contributed by atoms with van der Waals surface area (Å²) in [6.07, 6.45) is 0. The molecule has 0 aromatic heterocycles. The van der Waals surface area contributed by atoms with E-state index in [-0.39, 0.29) is 6.61 Å². The Hall–Kier alpha value is -2.48. The zero-order chi connectivity index (χ0) is 16.7. The van der Waals surface area contributed by atoms with Gasteiger partial charge in [0.05, 0.1) is 0 Å². The van der Waals surface area contributed by atoms with Crippen molar-refractivity contribution in [3.63, 3.8) is 0 Å². The largest absolute Gasteiger partial charge is 0.484 e. The second kappa shape index (κ2) is 8.08. The van der Waals surface area contributed by atoms with Crippen molar-refractivity contribution in [2.45, 2.75) is 19.9 Å². The van der Waals surface area contributed by atoms with Gasteiger partial charge in [-0.05, 0) is 37.6 Å². The van der Waals surface area contributed by atoms with Crippen molar-refractivity contribution in [2.75, 3.05) is 6.61 Å². The fourth-order valence-corrected chi connectivity index (χ4v) is 1.53. The van der Waals surface area contributed by atoms with E-state index < -0.39 is 23.9 Å². The van der Waals surface area contributed by atoms with Crippen molar-refractivity contribution in [3.05, 3.63) is 28.8 Å². The number of nitrogens with two attached hydrogens (primary N) is 1. The van der Waals surface area contributed by atoms with E-state index in [1.165, 1.54) is 6.92 Å². The first kappa shape index (κ1) is 17.6. The van der Waals surface area contributed by atoms with Gasteiger partial charge in [0.2, 0.25) is 0 Å². The average Bonchev–Trinajstić information content (AvgIpc) is 2.45. The quantitative estimate of drug-likeness (QED) is 0.578. The molecule has 4 amide bonds. The smallest absolute Gasteiger partial charge is 0.312 e. The summed E-state index contributed by atoms with van der Waals surface area (Å²) >= 11 is 5.87. The van der Waals surface area contributed by atoms with Crippen molar-refractivity contribution in [3.8, 4) is 5.75 Å². The maximum atomic E-state index is 11.5. The average molecular weight is 329 g/mol. The first-order valence-corrected chi connectivity index (χ1v) is 6.71. The van der Waals surface area contributed by atoms with Gasteiger partial charge >= 0.3 is 6.03 Å². The number of hydrogen-bond donors (Lipinski definition) is 4. The molecule has 1 aromatic carbocycles. The summed E-state index contributed by atoms with van der Waals surface area (Å²) < 4.78 is 5.25. The third-order valence-electron chi connectivity index (χ3n) is 2.58. The van der Waals surface area contributed by atoms with Gasteiger partial charge in [0.1, 0.15) is 11.8 Å². The van der Waals surface area contributed by atoms with Crippen LogP contribution in [0, 0.1) is 6.92 Å². The topological polar surface area (TPSA) is 123 Å². The first-order chi connectivity index (χ1) is 10.3. The van der Waals surface area contributed by atoms with E-state index >= 15 is 0 Å². The van der Waals surface area contributed by atoms with Crippen LogP contribution in [0.2, 0.25) is 5.02 Å². The number of halogens is 1. The van der Waals surface area contributed by atoms with Crippen molar-refractivity contribution in [1.29, 1.82) is 0 Å². The molecule has 120 valence electrons. The summed E-state index contributed by atoms with van der Waals surface area (Å²) in [6.45, 7) is 2.93. The second-order valence-electron chi connectivity index (χ2n) is 4.47. The molecule has 1 unspecified atom stereocenters. The molecule has 1 aromatic rings. The molecular formula is C13H17ClN4O4. The van der Waals surface area contributed by atoms with Crippen LogP contribution >= 0.6 is 11.6 Å². The summed E-state index contributed by atoms with van der Waals surface area (Å²) in [5.74, 6) is -0.700. The number of urea groups is 1. The number of hydrogen-bond acceptors (Lipinski definition) is 4. The predicted octanol–water partition coefficient (Wildman–Crippen LogP) is 0.231. The summed E-state index contributed by atoms with van der Waals surface area (Å²) in [5.41, 5.74) is 9.98. The van der Waals surface area contributed by atoms with E-state index in [1.54, 1.807) is 18.2 Å². The zero-order valence-electron chi connectivity index (χ0n) is 12.1. The van der Waals surface area contributed by atoms with Gasteiger partial charge in [-0.3, -0.25) is 20.4 Å². The molecule has 8 nitrogen and oxygen atoms in total. The highest BCUT2D eigenvalue weighted by Crippen LogP contribution is 2.20. The second-order valence-corrected chi connectivity index (χ2v) is 4.87. The minimum absolute atomic E-state index is 0.293. The lowest BCUT2D eigenvalue weighted by Gasteiger charge is -2.13. The van der Waals surface area contributed by atoms with Crippen LogP contribution in [0.1, 0.15) is 12.5 Å². The summed E-state index contributed by atoms with van der Waals surface area (Å²) in [6, 6.07) is 3.25.